The molecule has 0 aliphatic heterocycles. The smallest absolute Gasteiger partial charge is 0.250 e. The van der Waals surface area contributed by atoms with E-state index in [9.17, 15) is 4.79 Å². The maximum atomic E-state index is 12.0. The number of halogens is 3. The van der Waals surface area contributed by atoms with Crippen LogP contribution < -0.4 is 5.43 Å². The minimum absolute atomic E-state index is 0.156. The molecule has 0 spiro atoms. The summed E-state index contributed by atoms with van der Waals surface area (Å²) in [6.07, 6.45) is 1.65. The third-order valence-corrected chi connectivity index (χ3v) is 6.39. The number of hydrogen-bond acceptors (Lipinski definition) is 3. The van der Waals surface area contributed by atoms with Crippen molar-refractivity contribution in [2.24, 2.45) is 5.10 Å². The number of hydrogen-bond donors (Lipinski definition) is 1. The van der Waals surface area contributed by atoms with Gasteiger partial charge in [0.2, 0.25) is 5.91 Å². The summed E-state index contributed by atoms with van der Waals surface area (Å²) in [5, 5.41) is 5.81. The van der Waals surface area contributed by atoms with Crippen LogP contribution in [0.25, 0.3) is 5.69 Å². The molecular formula is C22H20Cl3N3OS. The van der Waals surface area contributed by atoms with Gasteiger partial charge >= 0.3 is 0 Å². The van der Waals surface area contributed by atoms with E-state index in [-0.39, 0.29) is 5.91 Å². The molecule has 3 rings (SSSR count). The molecule has 3 aromatic rings. The number of hydrazone groups is 1. The summed E-state index contributed by atoms with van der Waals surface area (Å²) in [5.74, 6) is 0.867. The van der Waals surface area contributed by atoms with Crippen LogP contribution in [0.1, 0.15) is 22.5 Å². The fourth-order valence-corrected chi connectivity index (χ4v) is 4.31. The van der Waals surface area contributed by atoms with Gasteiger partial charge in [-0.15, -0.1) is 11.8 Å². The zero-order chi connectivity index (χ0) is 21.7. The zero-order valence-corrected chi connectivity index (χ0v) is 19.5. The number of nitrogens with one attached hydrogen (secondary N) is 1. The van der Waals surface area contributed by atoms with Crippen molar-refractivity contribution in [2.75, 3.05) is 5.75 Å². The third-order valence-electron chi connectivity index (χ3n) is 4.42. The number of nitrogens with zero attached hydrogens (tertiary/aromatic N) is 2. The lowest BCUT2D eigenvalue weighted by Crippen LogP contribution is -2.19. The first kappa shape index (κ1) is 22.8. The van der Waals surface area contributed by atoms with Crippen LogP contribution in [0.4, 0.5) is 0 Å². The Bertz CT molecular complexity index is 1100. The average Bonchev–Trinajstić information content (AvgIpc) is 2.97. The van der Waals surface area contributed by atoms with Gasteiger partial charge in [0.15, 0.2) is 0 Å². The van der Waals surface area contributed by atoms with Crippen LogP contribution in [-0.2, 0) is 10.5 Å². The molecule has 1 heterocycles. The minimum atomic E-state index is -0.156. The number of carbonyl (C=O) groups is 1. The van der Waals surface area contributed by atoms with Crippen LogP contribution in [0.3, 0.4) is 0 Å². The van der Waals surface area contributed by atoms with Gasteiger partial charge in [-0.05, 0) is 55.8 Å². The van der Waals surface area contributed by atoms with Crippen LogP contribution in [-0.4, -0.2) is 22.4 Å². The van der Waals surface area contributed by atoms with Crippen molar-refractivity contribution in [3.63, 3.8) is 0 Å². The second-order valence-electron chi connectivity index (χ2n) is 6.68. The maximum absolute atomic E-state index is 12.0. The van der Waals surface area contributed by atoms with E-state index in [1.54, 1.807) is 12.3 Å². The minimum Gasteiger partial charge on any atom is -0.318 e. The van der Waals surface area contributed by atoms with Gasteiger partial charge in [0.05, 0.1) is 22.0 Å². The highest BCUT2D eigenvalue weighted by atomic mass is 35.5. The van der Waals surface area contributed by atoms with Gasteiger partial charge in [0, 0.05) is 33.4 Å². The molecule has 0 radical (unpaired) electrons. The summed E-state index contributed by atoms with van der Waals surface area (Å²) >= 11 is 19.7. The molecule has 0 unspecified atom stereocenters. The monoisotopic (exact) mass is 479 g/mol. The summed E-state index contributed by atoms with van der Waals surface area (Å²) in [6.45, 7) is 3.98. The highest BCUT2D eigenvalue weighted by Gasteiger charge is 2.11. The molecule has 0 atom stereocenters. The summed E-state index contributed by atoms with van der Waals surface area (Å²) in [4.78, 5) is 12.0. The van der Waals surface area contributed by atoms with Gasteiger partial charge in [-0.25, -0.2) is 5.43 Å². The zero-order valence-electron chi connectivity index (χ0n) is 16.5. The number of benzene rings is 2. The molecule has 1 amide bonds. The van der Waals surface area contributed by atoms with E-state index < -0.39 is 0 Å². The lowest BCUT2D eigenvalue weighted by molar-refractivity contribution is -0.118. The highest BCUT2D eigenvalue weighted by Crippen LogP contribution is 2.27. The fourth-order valence-electron chi connectivity index (χ4n) is 3.03. The van der Waals surface area contributed by atoms with Gasteiger partial charge in [-0.3, -0.25) is 4.79 Å². The van der Waals surface area contributed by atoms with Crippen molar-refractivity contribution in [1.82, 2.24) is 9.99 Å². The van der Waals surface area contributed by atoms with Crippen LogP contribution in [0.2, 0.25) is 15.1 Å². The van der Waals surface area contributed by atoms with E-state index in [0.29, 0.717) is 26.6 Å². The van der Waals surface area contributed by atoms with Crippen molar-refractivity contribution < 1.29 is 4.79 Å². The summed E-state index contributed by atoms with van der Waals surface area (Å²) < 4.78 is 2.06. The predicted molar refractivity (Wildman–Crippen MR) is 129 cm³/mol. The number of amides is 1. The van der Waals surface area contributed by atoms with Crippen molar-refractivity contribution in [1.29, 1.82) is 0 Å². The SMILES string of the molecule is Cc1cc(/C=N\NC(=O)CSCc2cccc(Cl)c2)c(C)n1-c1ccc(Cl)c(Cl)c1. The molecule has 0 saturated heterocycles. The summed E-state index contributed by atoms with van der Waals surface area (Å²) in [6, 6.07) is 15.1. The molecule has 1 N–H and O–H groups in total. The molecule has 0 saturated carbocycles. The van der Waals surface area contributed by atoms with Crippen LogP contribution in [0.15, 0.2) is 53.6 Å². The first-order chi connectivity index (χ1) is 14.3. The first-order valence-corrected chi connectivity index (χ1v) is 11.4. The molecule has 2 aromatic carbocycles. The normalized spacial score (nSPS) is 11.2. The largest absolute Gasteiger partial charge is 0.318 e. The molecule has 0 aliphatic carbocycles. The molecule has 0 aliphatic rings. The Morgan fingerprint density at radius 2 is 1.90 bits per heavy atom. The second kappa shape index (κ2) is 10.4. The van der Waals surface area contributed by atoms with E-state index in [1.165, 1.54) is 11.8 Å². The van der Waals surface area contributed by atoms with Gasteiger partial charge in [-0.1, -0.05) is 46.9 Å². The molecule has 0 bridgehead atoms. The topological polar surface area (TPSA) is 46.4 Å². The van der Waals surface area contributed by atoms with E-state index in [2.05, 4.69) is 15.1 Å². The Labute approximate surface area is 195 Å². The molecule has 30 heavy (non-hydrogen) atoms. The average molecular weight is 481 g/mol. The van der Waals surface area contributed by atoms with Gasteiger partial charge < -0.3 is 4.57 Å². The van der Waals surface area contributed by atoms with Crippen molar-refractivity contribution in [3.05, 3.63) is 86.1 Å². The van der Waals surface area contributed by atoms with Gasteiger partial charge in [0.1, 0.15) is 0 Å². The summed E-state index contributed by atoms with van der Waals surface area (Å²) in [5.41, 5.74) is 7.49. The Morgan fingerprint density at radius 1 is 1.10 bits per heavy atom. The summed E-state index contributed by atoms with van der Waals surface area (Å²) in [7, 11) is 0. The molecule has 4 nitrogen and oxygen atoms in total. The van der Waals surface area contributed by atoms with Crippen LogP contribution in [0, 0.1) is 13.8 Å². The Balaban J connectivity index is 1.58. The van der Waals surface area contributed by atoms with E-state index >= 15 is 0 Å². The Morgan fingerprint density at radius 3 is 2.63 bits per heavy atom. The van der Waals surface area contributed by atoms with Gasteiger partial charge in [-0.2, -0.15) is 5.10 Å². The van der Waals surface area contributed by atoms with Crippen molar-refractivity contribution >= 4 is 58.7 Å². The first-order valence-electron chi connectivity index (χ1n) is 9.13. The number of aromatic nitrogens is 1. The highest BCUT2D eigenvalue weighted by molar-refractivity contribution is 7.99. The third kappa shape index (κ3) is 5.82. The molecule has 8 heteroatoms. The quantitative estimate of drug-likeness (QED) is 0.312. The number of thioether (sulfide) groups is 1. The van der Waals surface area contributed by atoms with E-state index in [4.69, 9.17) is 34.8 Å². The maximum Gasteiger partial charge on any atom is 0.250 e. The van der Waals surface area contributed by atoms with E-state index in [0.717, 1.165) is 28.2 Å². The number of rotatable bonds is 7. The van der Waals surface area contributed by atoms with Crippen molar-refractivity contribution in [2.45, 2.75) is 19.6 Å². The lowest BCUT2D eigenvalue weighted by atomic mass is 10.2. The van der Waals surface area contributed by atoms with Crippen LogP contribution in [0.5, 0.6) is 0 Å². The lowest BCUT2D eigenvalue weighted by Gasteiger charge is -2.10. The van der Waals surface area contributed by atoms with Gasteiger partial charge in [0.25, 0.3) is 0 Å². The Hall–Kier alpha value is -1.92. The second-order valence-corrected chi connectivity index (χ2v) is 8.91. The predicted octanol–water partition coefficient (Wildman–Crippen LogP) is 6.44. The Kier molecular flexibility index (Phi) is 7.89. The number of carbonyl (C=O) groups excluding carboxylic acids is 1. The number of aryl methyl sites for hydroxylation is 1. The molecule has 1 aromatic heterocycles. The standard InChI is InChI=1S/C22H20Cl3N3OS/c1-14-8-17(15(2)28(14)19-6-7-20(24)21(25)10-19)11-26-27-22(29)13-30-12-16-4-3-5-18(23)9-16/h3-11H,12-13H2,1-2H3,(H,27,29)/b26-11-. The molecule has 0 fully saturated rings. The molecular weight excluding hydrogens is 461 g/mol. The molecule has 156 valence electrons. The fraction of sp³-hybridized carbons (Fsp3) is 0.182. The van der Waals surface area contributed by atoms with E-state index in [1.807, 2.05) is 56.3 Å². The van der Waals surface area contributed by atoms with Crippen LogP contribution >= 0.6 is 46.6 Å². The van der Waals surface area contributed by atoms with Crippen molar-refractivity contribution in [3.8, 4) is 5.69 Å².